The quantitative estimate of drug-likeness (QED) is 0.282. The number of aromatic nitrogens is 1. The number of hydrogen-bond acceptors (Lipinski definition) is 4. The number of carbonyl (C=O) groups is 1. The highest BCUT2D eigenvalue weighted by Gasteiger charge is 2.67. The molecule has 0 spiro atoms. The van der Waals surface area contributed by atoms with Crippen molar-refractivity contribution in [2.45, 2.75) is 62.1 Å². The number of nitrogens with one attached hydrogen (secondary N) is 1. The number of morpholine rings is 1. The zero-order valence-electron chi connectivity index (χ0n) is 18.5. The number of benzene rings is 1. The van der Waals surface area contributed by atoms with E-state index in [9.17, 15) is 9.59 Å². The lowest BCUT2D eigenvalue weighted by Gasteiger charge is -2.47. The Morgan fingerprint density at radius 1 is 1.23 bits per heavy atom. The first-order valence-electron chi connectivity index (χ1n) is 11.4. The predicted octanol–water partition coefficient (Wildman–Crippen LogP) is 3.44. The normalized spacial score (nSPS) is 33.3. The summed E-state index contributed by atoms with van der Waals surface area (Å²) in [7, 11) is 0. The number of amides is 1. The van der Waals surface area contributed by atoms with Crippen LogP contribution >= 0.6 is 22.6 Å². The molecule has 166 valence electrons. The van der Waals surface area contributed by atoms with Crippen LogP contribution in [0.2, 0.25) is 0 Å². The van der Waals surface area contributed by atoms with Crippen LogP contribution in [0.4, 0.5) is 5.69 Å². The Kier molecular flexibility index (Phi) is 5.52. The highest BCUT2D eigenvalue weighted by molar-refractivity contribution is 14.1. The number of aryl methyl sites for hydroxylation is 2. The van der Waals surface area contributed by atoms with Gasteiger partial charge in [0.15, 0.2) is 6.04 Å². The van der Waals surface area contributed by atoms with Gasteiger partial charge in [0.05, 0.1) is 25.7 Å². The average molecular weight is 536 g/mol. The maximum absolute atomic E-state index is 13.5. The largest absolute Gasteiger partial charge is 0.378 e. The first-order chi connectivity index (χ1) is 14.9. The summed E-state index contributed by atoms with van der Waals surface area (Å²) in [5.74, 6) is 0.277. The van der Waals surface area contributed by atoms with E-state index in [0.717, 1.165) is 47.4 Å². The molecule has 3 heterocycles. The Morgan fingerprint density at radius 2 is 2.03 bits per heavy atom. The lowest BCUT2D eigenvalue weighted by atomic mass is 9.89. The standard InChI is InChI=1S/C24H30IN3O3/c1-4-24(30)28(21-11-16-14(2)10-23(29)26-18(16)9-15(21)3)12-22(28)20-13-31-8-7-27(20)19-6-5-17(19)25/h9-11,17,19-20,22H,4-8,12-13H2,1-3H3/p+1/t17-,19?,20?,22?,28?/m0/s1. The Labute approximate surface area is 196 Å². The van der Waals surface area contributed by atoms with Gasteiger partial charge < -0.3 is 9.72 Å². The minimum absolute atomic E-state index is 0.0841. The summed E-state index contributed by atoms with van der Waals surface area (Å²) in [6.45, 7) is 9.30. The van der Waals surface area contributed by atoms with E-state index in [1.54, 1.807) is 6.07 Å². The zero-order chi connectivity index (χ0) is 21.9. The van der Waals surface area contributed by atoms with Crippen molar-refractivity contribution in [2.24, 2.45) is 0 Å². The molecule has 6 nitrogen and oxygen atoms in total. The molecule has 7 heteroatoms. The molecular formula is C24H31IN3O3+. The number of carbonyl (C=O) groups excluding carboxylic acids is 1. The summed E-state index contributed by atoms with van der Waals surface area (Å²) in [6, 6.07) is 6.95. The third-order valence-electron chi connectivity index (χ3n) is 7.69. The van der Waals surface area contributed by atoms with Crippen LogP contribution in [0.15, 0.2) is 23.0 Å². The predicted molar refractivity (Wildman–Crippen MR) is 132 cm³/mol. The summed E-state index contributed by atoms with van der Waals surface area (Å²) in [4.78, 5) is 31.0. The zero-order valence-corrected chi connectivity index (χ0v) is 20.6. The molecule has 1 aromatic heterocycles. The summed E-state index contributed by atoms with van der Waals surface area (Å²) in [5.41, 5.74) is 3.86. The molecule has 1 aliphatic carbocycles. The number of quaternary nitrogens is 1. The monoisotopic (exact) mass is 536 g/mol. The van der Waals surface area contributed by atoms with E-state index in [0.29, 0.717) is 27.5 Å². The number of alkyl halides is 1. The maximum Gasteiger partial charge on any atom is 0.319 e. The number of pyridine rings is 1. The van der Waals surface area contributed by atoms with Crippen molar-refractivity contribution in [2.75, 3.05) is 26.3 Å². The third kappa shape index (κ3) is 3.39. The molecule has 3 fully saturated rings. The van der Waals surface area contributed by atoms with Gasteiger partial charge in [-0.1, -0.05) is 29.5 Å². The van der Waals surface area contributed by atoms with Crippen molar-refractivity contribution in [1.82, 2.24) is 14.4 Å². The summed E-state index contributed by atoms with van der Waals surface area (Å²) in [6.07, 6.45) is 3.06. The van der Waals surface area contributed by atoms with Crippen LogP contribution in [0.1, 0.15) is 37.3 Å². The molecule has 2 aromatic rings. The molecule has 2 aliphatic heterocycles. The fourth-order valence-corrected chi connectivity index (χ4v) is 6.97. The highest BCUT2D eigenvalue weighted by Crippen LogP contribution is 2.47. The van der Waals surface area contributed by atoms with E-state index in [2.05, 4.69) is 45.5 Å². The fourth-order valence-electron chi connectivity index (χ4n) is 5.84. The molecule has 1 saturated carbocycles. The molecule has 5 atom stereocenters. The molecule has 4 unspecified atom stereocenters. The Hall–Kier alpha value is -1.29. The van der Waals surface area contributed by atoms with E-state index >= 15 is 0 Å². The second kappa shape index (κ2) is 7.93. The number of fused-ring (bicyclic) bond motifs is 1. The van der Waals surface area contributed by atoms with Crippen molar-refractivity contribution >= 4 is 45.1 Å². The van der Waals surface area contributed by atoms with E-state index < -0.39 is 0 Å². The molecule has 1 aromatic carbocycles. The van der Waals surface area contributed by atoms with Crippen LogP contribution in [0.5, 0.6) is 0 Å². The summed E-state index contributed by atoms with van der Waals surface area (Å²) in [5, 5.41) is 1.02. The van der Waals surface area contributed by atoms with E-state index in [4.69, 9.17) is 4.74 Å². The highest BCUT2D eigenvalue weighted by atomic mass is 127. The molecule has 3 aliphatic rings. The maximum atomic E-state index is 13.5. The SMILES string of the molecule is CCC(=O)[N+]1(c2cc3c(C)cc(=O)[nH]c3cc2C)CC1C1COCCN1C1CC[C@@H]1I. The number of aromatic amines is 1. The molecule has 2 saturated heterocycles. The first kappa shape index (κ1) is 21.6. The van der Waals surface area contributed by atoms with Crippen LogP contribution in [0, 0.1) is 13.8 Å². The van der Waals surface area contributed by atoms with Gasteiger partial charge in [0.1, 0.15) is 12.2 Å². The number of halogens is 1. The van der Waals surface area contributed by atoms with Crippen molar-refractivity contribution in [3.05, 3.63) is 39.7 Å². The van der Waals surface area contributed by atoms with Crippen LogP contribution in [0.3, 0.4) is 0 Å². The number of rotatable bonds is 4. The van der Waals surface area contributed by atoms with E-state index in [-0.39, 0.29) is 23.6 Å². The molecule has 1 N–H and O–H groups in total. The second-order valence-corrected chi connectivity index (χ2v) is 11.0. The van der Waals surface area contributed by atoms with Crippen molar-refractivity contribution in [1.29, 1.82) is 0 Å². The average Bonchev–Trinajstić information content (AvgIpc) is 3.48. The number of H-pyrrole nitrogens is 1. The van der Waals surface area contributed by atoms with E-state index in [1.807, 2.05) is 19.9 Å². The minimum Gasteiger partial charge on any atom is -0.378 e. The van der Waals surface area contributed by atoms with Crippen molar-refractivity contribution in [3.8, 4) is 0 Å². The van der Waals surface area contributed by atoms with Gasteiger partial charge in [-0.15, -0.1) is 0 Å². The van der Waals surface area contributed by atoms with Crippen molar-refractivity contribution in [3.63, 3.8) is 0 Å². The minimum atomic E-state index is -0.0841. The van der Waals surface area contributed by atoms with Gasteiger partial charge in [-0.05, 0) is 38.3 Å². The summed E-state index contributed by atoms with van der Waals surface area (Å²) >= 11 is 2.59. The van der Waals surface area contributed by atoms with Gasteiger partial charge in [0, 0.05) is 45.1 Å². The van der Waals surface area contributed by atoms with Gasteiger partial charge in [0.2, 0.25) is 5.56 Å². The smallest absolute Gasteiger partial charge is 0.319 e. The lowest BCUT2D eigenvalue weighted by Crippen LogP contribution is -2.60. The van der Waals surface area contributed by atoms with Crippen molar-refractivity contribution < 1.29 is 9.53 Å². The van der Waals surface area contributed by atoms with Gasteiger partial charge >= 0.3 is 5.91 Å². The second-order valence-electron chi connectivity index (χ2n) is 9.41. The van der Waals surface area contributed by atoms with Crippen LogP contribution in [-0.4, -0.2) is 64.1 Å². The van der Waals surface area contributed by atoms with Gasteiger partial charge in [-0.2, -0.15) is 0 Å². The van der Waals surface area contributed by atoms with Gasteiger partial charge in [-0.3, -0.25) is 9.69 Å². The molecular weight excluding hydrogens is 505 g/mol. The third-order valence-corrected chi connectivity index (χ3v) is 9.14. The summed E-state index contributed by atoms with van der Waals surface area (Å²) < 4.78 is 7.05. The number of hydrogen-bond donors (Lipinski definition) is 1. The Morgan fingerprint density at radius 3 is 2.71 bits per heavy atom. The van der Waals surface area contributed by atoms with Crippen LogP contribution in [-0.2, 0) is 9.53 Å². The first-order valence-corrected chi connectivity index (χ1v) is 12.6. The molecule has 1 amide bonds. The Bertz CT molecular complexity index is 1100. The molecule has 31 heavy (non-hydrogen) atoms. The molecule has 0 radical (unpaired) electrons. The van der Waals surface area contributed by atoms with Crippen LogP contribution < -0.4 is 10.0 Å². The van der Waals surface area contributed by atoms with E-state index in [1.165, 1.54) is 12.8 Å². The number of ether oxygens (including phenoxy) is 1. The number of nitrogens with zero attached hydrogens (tertiary/aromatic N) is 2. The molecule has 0 bridgehead atoms. The lowest BCUT2D eigenvalue weighted by molar-refractivity contribution is -0.126. The topological polar surface area (TPSA) is 62.4 Å². The van der Waals surface area contributed by atoms with Gasteiger partial charge in [0.25, 0.3) is 0 Å². The Balaban J connectivity index is 1.57. The fraction of sp³-hybridized carbons (Fsp3) is 0.583. The van der Waals surface area contributed by atoms with Gasteiger partial charge in [-0.25, -0.2) is 9.28 Å². The van der Waals surface area contributed by atoms with Crippen LogP contribution in [0.25, 0.3) is 10.9 Å². The molecule has 5 rings (SSSR count).